The Bertz CT molecular complexity index is 312. The first-order valence-electron chi connectivity index (χ1n) is 4.89. The summed E-state index contributed by atoms with van der Waals surface area (Å²) in [7, 11) is 0. The quantitative estimate of drug-likeness (QED) is 0.750. The molecule has 0 bridgehead atoms. The van der Waals surface area contributed by atoms with E-state index in [1.807, 2.05) is 30.3 Å². The second-order valence-corrected chi connectivity index (χ2v) is 3.34. The third kappa shape index (κ3) is 3.04. The van der Waals surface area contributed by atoms with Crippen molar-refractivity contribution in [2.45, 2.75) is 13.0 Å². The van der Waals surface area contributed by atoms with Crippen LogP contribution in [0.1, 0.15) is 6.92 Å². The molecule has 1 rings (SSSR count). The molecule has 0 spiro atoms. The minimum absolute atomic E-state index is 0.0760. The highest BCUT2D eigenvalue weighted by Crippen LogP contribution is 2.13. The van der Waals surface area contributed by atoms with Crippen molar-refractivity contribution in [3.8, 4) is 0 Å². The lowest BCUT2D eigenvalue weighted by Gasteiger charge is -2.23. The number of hydrogen-bond acceptors (Lipinski definition) is 3. The average Bonchev–Trinajstić information content (AvgIpc) is 2.26. The maximum absolute atomic E-state index is 11.7. The van der Waals surface area contributed by atoms with Gasteiger partial charge in [-0.05, 0) is 19.1 Å². The van der Waals surface area contributed by atoms with Crippen LogP contribution in [-0.2, 0) is 4.79 Å². The van der Waals surface area contributed by atoms with Crippen LogP contribution in [0.25, 0.3) is 0 Å². The molecule has 1 aromatic rings. The number of para-hydroxylation sites is 1. The fourth-order valence-corrected chi connectivity index (χ4v) is 1.32. The summed E-state index contributed by atoms with van der Waals surface area (Å²) < 4.78 is 0. The number of nitrogens with two attached hydrogens (primary N) is 1. The Morgan fingerprint density at radius 3 is 2.53 bits per heavy atom. The molecule has 1 amide bonds. The van der Waals surface area contributed by atoms with Gasteiger partial charge in [0.1, 0.15) is 0 Å². The van der Waals surface area contributed by atoms with Crippen LogP contribution >= 0.6 is 0 Å². The van der Waals surface area contributed by atoms with E-state index in [9.17, 15) is 4.79 Å². The van der Waals surface area contributed by atoms with Crippen LogP contribution in [0.2, 0.25) is 0 Å². The molecule has 15 heavy (non-hydrogen) atoms. The predicted octanol–water partition coefficient (Wildman–Crippen LogP) is 0.359. The first kappa shape index (κ1) is 11.7. The molecule has 0 fully saturated rings. The summed E-state index contributed by atoms with van der Waals surface area (Å²) in [5, 5.41) is 8.89. The lowest BCUT2D eigenvalue weighted by Crippen LogP contribution is -2.43. The van der Waals surface area contributed by atoms with E-state index in [2.05, 4.69) is 0 Å². The van der Waals surface area contributed by atoms with Crippen molar-refractivity contribution in [2.24, 2.45) is 5.73 Å². The lowest BCUT2D eigenvalue weighted by atomic mass is 10.2. The van der Waals surface area contributed by atoms with E-state index in [0.717, 1.165) is 5.69 Å². The molecule has 1 aromatic carbocycles. The molecule has 0 radical (unpaired) electrons. The number of aliphatic hydroxyl groups is 1. The van der Waals surface area contributed by atoms with Crippen molar-refractivity contribution < 1.29 is 9.90 Å². The van der Waals surface area contributed by atoms with Crippen LogP contribution in [0.4, 0.5) is 5.69 Å². The van der Waals surface area contributed by atoms with Crippen molar-refractivity contribution >= 4 is 11.6 Å². The van der Waals surface area contributed by atoms with Gasteiger partial charge < -0.3 is 15.7 Å². The topological polar surface area (TPSA) is 66.6 Å². The van der Waals surface area contributed by atoms with Gasteiger partial charge in [0, 0.05) is 12.2 Å². The minimum atomic E-state index is -0.559. The summed E-state index contributed by atoms with van der Waals surface area (Å²) in [5.41, 5.74) is 6.29. The molecule has 3 N–H and O–H groups in total. The van der Waals surface area contributed by atoms with E-state index < -0.39 is 6.04 Å². The highest BCUT2D eigenvalue weighted by Gasteiger charge is 2.17. The van der Waals surface area contributed by atoms with Crippen LogP contribution in [0, 0.1) is 0 Å². The summed E-state index contributed by atoms with van der Waals surface area (Å²) in [6.45, 7) is 1.83. The van der Waals surface area contributed by atoms with Crippen LogP contribution < -0.4 is 10.6 Å². The number of benzene rings is 1. The Labute approximate surface area is 89.3 Å². The summed E-state index contributed by atoms with van der Waals surface area (Å²) >= 11 is 0. The summed E-state index contributed by atoms with van der Waals surface area (Å²) in [5.74, 6) is -0.185. The van der Waals surface area contributed by atoms with Gasteiger partial charge in [-0.25, -0.2) is 0 Å². The molecule has 82 valence electrons. The molecule has 0 aromatic heterocycles. The maximum atomic E-state index is 11.7. The zero-order valence-corrected chi connectivity index (χ0v) is 8.76. The van der Waals surface area contributed by atoms with Gasteiger partial charge in [0.25, 0.3) is 0 Å². The first-order chi connectivity index (χ1) is 7.16. The van der Waals surface area contributed by atoms with Crippen molar-refractivity contribution in [1.29, 1.82) is 0 Å². The number of carbonyl (C=O) groups is 1. The summed E-state index contributed by atoms with van der Waals surface area (Å²) in [4.78, 5) is 13.2. The van der Waals surface area contributed by atoms with Crippen molar-refractivity contribution in [1.82, 2.24) is 0 Å². The standard InChI is InChI=1S/C11H16N2O2/c1-9(12)11(15)13(7-8-14)10-5-3-2-4-6-10/h2-6,9,14H,7-8,12H2,1H3/t9-/m0/s1. The Morgan fingerprint density at radius 2 is 2.07 bits per heavy atom. The smallest absolute Gasteiger partial charge is 0.243 e. The first-order valence-corrected chi connectivity index (χ1v) is 4.89. The minimum Gasteiger partial charge on any atom is -0.395 e. The Morgan fingerprint density at radius 1 is 1.47 bits per heavy atom. The molecule has 4 heteroatoms. The number of amides is 1. The van der Waals surface area contributed by atoms with Gasteiger partial charge in [-0.1, -0.05) is 18.2 Å². The van der Waals surface area contributed by atoms with Gasteiger partial charge in [0.05, 0.1) is 12.6 Å². The van der Waals surface area contributed by atoms with Crippen LogP contribution in [0.3, 0.4) is 0 Å². The van der Waals surface area contributed by atoms with E-state index in [0.29, 0.717) is 0 Å². The van der Waals surface area contributed by atoms with Crippen molar-refractivity contribution in [3.05, 3.63) is 30.3 Å². The Kier molecular flexibility index (Phi) is 4.27. The molecule has 0 aliphatic rings. The van der Waals surface area contributed by atoms with Gasteiger partial charge in [-0.2, -0.15) is 0 Å². The highest BCUT2D eigenvalue weighted by atomic mass is 16.3. The molecule has 0 aliphatic heterocycles. The third-order valence-electron chi connectivity index (χ3n) is 2.05. The lowest BCUT2D eigenvalue weighted by molar-refractivity contribution is -0.119. The summed E-state index contributed by atoms with van der Waals surface area (Å²) in [6, 6.07) is 8.63. The molecule has 0 unspecified atom stereocenters. The number of nitrogens with zero attached hydrogens (tertiary/aromatic N) is 1. The van der Waals surface area contributed by atoms with E-state index in [1.54, 1.807) is 6.92 Å². The Hall–Kier alpha value is -1.39. The molecule has 0 saturated heterocycles. The zero-order chi connectivity index (χ0) is 11.3. The molecule has 0 aliphatic carbocycles. The number of aliphatic hydroxyl groups excluding tert-OH is 1. The van der Waals surface area contributed by atoms with Gasteiger partial charge >= 0.3 is 0 Å². The van der Waals surface area contributed by atoms with Gasteiger partial charge in [0.15, 0.2) is 0 Å². The number of rotatable bonds is 4. The molecular formula is C11H16N2O2. The average molecular weight is 208 g/mol. The van der Waals surface area contributed by atoms with E-state index in [-0.39, 0.29) is 19.1 Å². The van der Waals surface area contributed by atoms with Crippen LogP contribution in [-0.4, -0.2) is 30.2 Å². The SMILES string of the molecule is C[C@H](N)C(=O)N(CCO)c1ccccc1. The highest BCUT2D eigenvalue weighted by molar-refractivity contribution is 5.96. The normalized spacial score (nSPS) is 12.2. The van der Waals surface area contributed by atoms with Crippen LogP contribution in [0.15, 0.2) is 30.3 Å². The van der Waals surface area contributed by atoms with Gasteiger partial charge in [0.2, 0.25) is 5.91 Å². The van der Waals surface area contributed by atoms with Crippen molar-refractivity contribution in [3.63, 3.8) is 0 Å². The van der Waals surface area contributed by atoms with E-state index in [4.69, 9.17) is 10.8 Å². The molecule has 0 saturated carbocycles. The molecular weight excluding hydrogens is 192 g/mol. The second-order valence-electron chi connectivity index (χ2n) is 3.34. The van der Waals surface area contributed by atoms with Gasteiger partial charge in [-0.3, -0.25) is 4.79 Å². The second kappa shape index (κ2) is 5.48. The number of carbonyl (C=O) groups excluding carboxylic acids is 1. The Balaban J connectivity index is 2.88. The third-order valence-corrected chi connectivity index (χ3v) is 2.05. The van der Waals surface area contributed by atoms with Crippen LogP contribution in [0.5, 0.6) is 0 Å². The van der Waals surface area contributed by atoms with E-state index >= 15 is 0 Å². The monoisotopic (exact) mass is 208 g/mol. The summed E-state index contributed by atoms with van der Waals surface area (Å²) in [6.07, 6.45) is 0. The molecule has 1 atom stereocenters. The maximum Gasteiger partial charge on any atom is 0.243 e. The number of anilines is 1. The van der Waals surface area contributed by atoms with Crippen molar-refractivity contribution in [2.75, 3.05) is 18.1 Å². The molecule has 4 nitrogen and oxygen atoms in total. The fraction of sp³-hybridized carbons (Fsp3) is 0.364. The van der Waals surface area contributed by atoms with E-state index in [1.165, 1.54) is 4.90 Å². The zero-order valence-electron chi connectivity index (χ0n) is 8.76. The number of hydrogen-bond donors (Lipinski definition) is 2. The van der Waals surface area contributed by atoms with Gasteiger partial charge in [-0.15, -0.1) is 0 Å². The fourth-order valence-electron chi connectivity index (χ4n) is 1.32. The molecule has 0 heterocycles. The predicted molar refractivity (Wildman–Crippen MR) is 59.5 cm³/mol. The largest absolute Gasteiger partial charge is 0.395 e.